The maximum Gasteiger partial charge on any atom is 0.411 e. The van der Waals surface area contributed by atoms with Crippen molar-refractivity contribution in [3.63, 3.8) is 0 Å². The first-order valence-electron chi connectivity index (χ1n) is 8.78. The van der Waals surface area contributed by atoms with Crippen molar-refractivity contribution in [1.82, 2.24) is 0 Å². The number of anilines is 1. The summed E-state index contributed by atoms with van der Waals surface area (Å²) in [6.45, 7) is 6.63. The molecule has 1 aromatic rings. The molecule has 1 fully saturated rings. The minimum atomic E-state index is -0.397. The van der Waals surface area contributed by atoms with Gasteiger partial charge in [0.15, 0.2) is 0 Å². The van der Waals surface area contributed by atoms with E-state index in [0.29, 0.717) is 18.9 Å². The van der Waals surface area contributed by atoms with Crippen molar-refractivity contribution in [2.45, 2.75) is 39.0 Å². The minimum absolute atomic E-state index is 0.397. The number of hydrogen-bond acceptors (Lipinski definition) is 3. The van der Waals surface area contributed by atoms with E-state index in [1.54, 1.807) is 0 Å². The summed E-state index contributed by atoms with van der Waals surface area (Å²) in [5.74, 6) is 0.778. The maximum absolute atomic E-state index is 11.8. The van der Waals surface area contributed by atoms with Gasteiger partial charge in [0.05, 0.1) is 19.7 Å². The van der Waals surface area contributed by atoms with Crippen LogP contribution in [0.3, 0.4) is 0 Å². The van der Waals surface area contributed by atoms with Gasteiger partial charge in [-0.3, -0.25) is 5.32 Å². The van der Waals surface area contributed by atoms with Gasteiger partial charge in [0.2, 0.25) is 0 Å². The van der Waals surface area contributed by atoms with E-state index >= 15 is 0 Å². The third-order valence-corrected chi connectivity index (χ3v) is 4.10. The van der Waals surface area contributed by atoms with Crippen molar-refractivity contribution < 1.29 is 19.2 Å². The van der Waals surface area contributed by atoms with Gasteiger partial charge in [-0.2, -0.15) is 0 Å². The van der Waals surface area contributed by atoms with Crippen molar-refractivity contribution in [3.05, 3.63) is 24.3 Å². The number of unbranched alkanes of at least 4 members (excludes halogenated alkanes) is 2. The van der Waals surface area contributed by atoms with E-state index in [1.807, 2.05) is 24.3 Å². The zero-order chi connectivity index (χ0) is 16.3. The number of hydrogen-bond donors (Lipinski definition) is 2. The fourth-order valence-corrected chi connectivity index (χ4v) is 2.77. The Labute approximate surface area is 139 Å². The number of ether oxygens (including phenoxy) is 2. The molecular weight excluding hydrogens is 292 g/mol. The van der Waals surface area contributed by atoms with Crippen molar-refractivity contribution >= 4 is 11.8 Å². The van der Waals surface area contributed by atoms with Crippen molar-refractivity contribution in [1.29, 1.82) is 0 Å². The number of carbonyl (C=O) groups excluding carboxylic acids is 1. The summed E-state index contributed by atoms with van der Waals surface area (Å²) in [4.78, 5) is 13.3. The van der Waals surface area contributed by atoms with Crippen LogP contribution in [-0.2, 0) is 4.74 Å². The van der Waals surface area contributed by atoms with Crippen LogP contribution < -0.4 is 15.0 Å². The maximum atomic E-state index is 11.8. The lowest BCUT2D eigenvalue weighted by Gasteiger charge is -2.12. The topological polar surface area (TPSA) is 52.0 Å². The Kier molecular flexibility index (Phi) is 7.73. The van der Waals surface area contributed by atoms with Gasteiger partial charge in [-0.05, 0) is 18.6 Å². The summed E-state index contributed by atoms with van der Waals surface area (Å²) in [5, 5.41) is 2.76. The molecule has 1 aromatic carbocycles. The van der Waals surface area contributed by atoms with Gasteiger partial charge in [0.1, 0.15) is 18.9 Å². The van der Waals surface area contributed by atoms with Gasteiger partial charge in [-0.15, -0.1) is 0 Å². The van der Waals surface area contributed by atoms with Crippen LogP contribution in [0.2, 0.25) is 0 Å². The molecule has 1 aliphatic heterocycles. The molecule has 0 spiro atoms. The molecule has 2 N–H and O–H groups in total. The Hall–Kier alpha value is -1.75. The molecule has 0 atom stereocenters. The molecule has 1 saturated heterocycles. The highest BCUT2D eigenvalue weighted by Gasteiger charge is 2.15. The van der Waals surface area contributed by atoms with E-state index in [1.165, 1.54) is 43.7 Å². The summed E-state index contributed by atoms with van der Waals surface area (Å²) in [6, 6.07) is 7.45. The fourth-order valence-electron chi connectivity index (χ4n) is 2.77. The molecule has 5 nitrogen and oxygen atoms in total. The van der Waals surface area contributed by atoms with Crippen LogP contribution in [0.25, 0.3) is 0 Å². The Morgan fingerprint density at radius 1 is 1.22 bits per heavy atom. The lowest BCUT2D eigenvalue weighted by atomic mass is 10.2. The Morgan fingerprint density at radius 2 is 2.04 bits per heavy atom. The molecule has 1 amide bonds. The zero-order valence-corrected chi connectivity index (χ0v) is 14.1. The van der Waals surface area contributed by atoms with Crippen LogP contribution in [0.5, 0.6) is 5.75 Å². The number of benzene rings is 1. The molecule has 0 aliphatic carbocycles. The largest absolute Gasteiger partial charge is 0.494 e. The second kappa shape index (κ2) is 10.1. The number of rotatable bonds is 9. The van der Waals surface area contributed by atoms with Crippen molar-refractivity contribution in [2.24, 2.45) is 0 Å². The third-order valence-electron chi connectivity index (χ3n) is 4.10. The molecule has 1 heterocycles. The lowest BCUT2D eigenvalue weighted by Crippen LogP contribution is -3.10. The van der Waals surface area contributed by atoms with E-state index in [4.69, 9.17) is 9.47 Å². The third kappa shape index (κ3) is 6.91. The Morgan fingerprint density at radius 3 is 2.83 bits per heavy atom. The molecule has 0 radical (unpaired) electrons. The van der Waals surface area contributed by atoms with Crippen LogP contribution in [0.15, 0.2) is 24.3 Å². The van der Waals surface area contributed by atoms with Crippen LogP contribution in [0.1, 0.15) is 39.0 Å². The molecule has 23 heavy (non-hydrogen) atoms. The summed E-state index contributed by atoms with van der Waals surface area (Å²) >= 11 is 0. The highest BCUT2D eigenvalue weighted by atomic mass is 16.5. The van der Waals surface area contributed by atoms with E-state index in [0.717, 1.165) is 18.7 Å². The predicted octanol–water partition coefficient (Wildman–Crippen LogP) is 2.48. The van der Waals surface area contributed by atoms with Crippen LogP contribution >= 0.6 is 0 Å². The minimum Gasteiger partial charge on any atom is -0.494 e. The van der Waals surface area contributed by atoms with E-state index in [9.17, 15) is 4.79 Å². The number of amides is 1. The number of likely N-dealkylation sites (tertiary alicyclic amines) is 1. The van der Waals surface area contributed by atoms with Gasteiger partial charge in [0, 0.05) is 24.6 Å². The zero-order valence-electron chi connectivity index (χ0n) is 14.1. The van der Waals surface area contributed by atoms with Gasteiger partial charge in [-0.25, -0.2) is 4.79 Å². The molecule has 0 unspecified atom stereocenters. The first-order chi connectivity index (χ1) is 11.3. The van der Waals surface area contributed by atoms with Crippen LogP contribution in [0, 0.1) is 0 Å². The van der Waals surface area contributed by atoms with Gasteiger partial charge < -0.3 is 14.4 Å². The van der Waals surface area contributed by atoms with Gasteiger partial charge in [0.25, 0.3) is 0 Å². The molecule has 0 aromatic heterocycles. The summed E-state index contributed by atoms with van der Waals surface area (Å²) in [7, 11) is 0. The average Bonchev–Trinajstić information content (AvgIpc) is 3.05. The van der Waals surface area contributed by atoms with Crippen LogP contribution in [-0.4, -0.2) is 38.9 Å². The molecule has 0 saturated carbocycles. The van der Waals surface area contributed by atoms with Crippen LogP contribution in [0.4, 0.5) is 10.5 Å². The summed E-state index contributed by atoms with van der Waals surface area (Å²) < 4.78 is 10.9. The SMILES string of the molecule is CCCCCOc1cccc(NC(=O)OCC[NH+]2CCCC2)c1. The van der Waals surface area contributed by atoms with Gasteiger partial charge >= 0.3 is 6.09 Å². The van der Waals surface area contributed by atoms with Crippen molar-refractivity contribution in [2.75, 3.05) is 38.2 Å². The Balaban J connectivity index is 1.67. The predicted molar refractivity (Wildman–Crippen MR) is 91.2 cm³/mol. The molecule has 5 heteroatoms. The Bertz CT molecular complexity index is 473. The summed E-state index contributed by atoms with van der Waals surface area (Å²) in [5.41, 5.74) is 0.705. The fraction of sp³-hybridized carbons (Fsp3) is 0.611. The lowest BCUT2D eigenvalue weighted by molar-refractivity contribution is -0.887. The number of nitrogens with one attached hydrogen (secondary N) is 2. The monoisotopic (exact) mass is 321 g/mol. The summed E-state index contributed by atoms with van der Waals surface area (Å²) in [6.07, 6.45) is 5.57. The molecule has 0 bridgehead atoms. The van der Waals surface area contributed by atoms with E-state index in [-0.39, 0.29) is 0 Å². The first kappa shape index (κ1) is 17.6. The molecule has 128 valence electrons. The highest BCUT2D eigenvalue weighted by Crippen LogP contribution is 2.17. The molecule has 1 aliphatic rings. The average molecular weight is 321 g/mol. The molecular formula is C18H29N2O3+. The highest BCUT2D eigenvalue weighted by molar-refractivity contribution is 5.84. The van der Waals surface area contributed by atoms with E-state index < -0.39 is 6.09 Å². The van der Waals surface area contributed by atoms with Gasteiger partial charge in [-0.1, -0.05) is 25.8 Å². The van der Waals surface area contributed by atoms with Crippen molar-refractivity contribution in [3.8, 4) is 5.75 Å². The van der Waals surface area contributed by atoms with E-state index in [2.05, 4.69) is 12.2 Å². The first-order valence-corrected chi connectivity index (χ1v) is 8.78. The quantitative estimate of drug-likeness (QED) is 0.687. The number of carbonyl (C=O) groups is 1. The number of quaternary nitrogens is 1. The standard InChI is InChI=1S/C18H28N2O3/c1-2-3-6-13-22-17-9-7-8-16(15-17)19-18(21)23-14-12-20-10-4-5-11-20/h7-9,15H,2-6,10-14H2,1H3,(H,19,21)/p+1. The smallest absolute Gasteiger partial charge is 0.411 e. The normalized spacial score (nSPS) is 14.7. The second-order valence-corrected chi connectivity index (χ2v) is 6.05. The molecule has 2 rings (SSSR count). The second-order valence-electron chi connectivity index (χ2n) is 6.05.